The molecule has 1 unspecified atom stereocenters. The van der Waals surface area contributed by atoms with Gasteiger partial charge in [-0.3, -0.25) is 4.79 Å². The van der Waals surface area contributed by atoms with E-state index in [1.807, 2.05) is 7.05 Å². The van der Waals surface area contributed by atoms with Crippen LogP contribution in [0.15, 0.2) is 9.00 Å². The number of nitrogens with zero attached hydrogens (tertiary/aromatic N) is 1. The van der Waals surface area contributed by atoms with E-state index in [2.05, 4.69) is 10.3 Å². The Morgan fingerprint density at radius 1 is 1.53 bits per heavy atom. The lowest BCUT2D eigenvalue weighted by molar-refractivity contribution is 0.465. The fourth-order valence-corrected chi connectivity index (χ4v) is 4.87. The topological polar surface area (TPSA) is 82.3 Å². The monoisotopic (exact) mass is 277 g/mol. The highest BCUT2D eigenvalue weighted by atomic mass is 32.2. The third kappa shape index (κ3) is 2.30. The Morgan fingerprint density at radius 2 is 2.24 bits per heavy atom. The lowest BCUT2D eigenvalue weighted by atomic mass is 10.3. The number of likely N-dealkylation sites (N-methyl/N-ethyl adjacent to an activating group) is 1. The zero-order valence-electron chi connectivity index (χ0n) is 9.69. The van der Waals surface area contributed by atoms with Crippen molar-refractivity contribution in [3.8, 4) is 0 Å². The summed E-state index contributed by atoms with van der Waals surface area (Å²) in [6.07, 6.45) is 0.800. The molecule has 1 atom stereocenters. The number of rotatable bonds is 3. The molecular formula is C9H15N3O3S2. The lowest BCUT2D eigenvalue weighted by Crippen LogP contribution is -2.33. The molecule has 2 N–H and O–H groups in total. The minimum absolute atomic E-state index is 0.138. The average molecular weight is 277 g/mol. The zero-order valence-corrected chi connectivity index (χ0v) is 11.3. The maximum absolute atomic E-state index is 12.3. The molecule has 0 aromatic carbocycles. The van der Waals surface area contributed by atoms with Crippen molar-refractivity contribution in [2.45, 2.75) is 23.6 Å². The molecule has 1 saturated heterocycles. The van der Waals surface area contributed by atoms with Crippen LogP contribution in [-0.4, -0.2) is 43.9 Å². The molecule has 1 aromatic heterocycles. The van der Waals surface area contributed by atoms with Crippen LogP contribution in [0.3, 0.4) is 0 Å². The summed E-state index contributed by atoms with van der Waals surface area (Å²) >= 11 is 0.756. The molecule has 0 amide bonds. The average Bonchev–Trinajstić information content (AvgIpc) is 2.85. The number of aromatic amines is 1. The Kier molecular flexibility index (Phi) is 3.39. The molecule has 2 rings (SSSR count). The summed E-state index contributed by atoms with van der Waals surface area (Å²) in [5, 5.41) is 3.07. The van der Waals surface area contributed by atoms with Gasteiger partial charge in [0.25, 0.3) is 10.0 Å². The molecule has 96 valence electrons. The molecule has 0 bridgehead atoms. The van der Waals surface area contributed by atoms with E-state index < -0.39 is 10.0 Å². The highest BCUT2D eigenvalue weighted by Gasteiger charge is 2.34. The molecule has 0 aliphatic carbocycles. The Bertz CT molecular complexity index is 560. The van der Waals surface area contributed by atoms with E-state index in [1.165, 1.54) is 4.31 Å². The molecule has 2 heterocycles. The molecule has 1 fully saturated rings. The third-order valence-electron chi connectivity index (χ3n) is 2.91. The standard InChI is InChI=1S/C9H15N3O3S2/c1-6-8(16-9(13)11-6)17(14,15)12-4-3-7(5-12)10-2/h7,10H,3-5H2,1-2H3,(H,11,13). The number of thiazole rings is 1. The summed E-state index contributed by atoms with van der Waals surface area (Å²) in [5.74, 6) is 0. The van der Waals surface area contributed by atoms with Gasteiger partial charge in [0, 0.05) is 24.8 Å². The van der Waals surface area contributed by atoms with Crippen molar-refractivity contribution in [3.63, 3.8) is 0 Å². The fraction of sp³-hybridized carbons (Fsp3) is 0.667. The molecule has 0 spiro atoms. The van der Waals surface area contributed by atoms with E-state index in [0.29, 0.717) is 18.8 Å². The fourth-order valence-electron chi connectivity index (χ4n) is 1.94. The first-order valence-electron chi connectivity index (χ1n) is 5.32. The second-order valence-electron chi connectivity index (χ2n) is 4.06. The minimum Gasteiger partial charge on any atom is -0.316 e. The Morgan fingerprint density at radius 3 is 2.71 bits per heavy atom. The highest BCUT2D eigenvalue weighted by Crippen LogP contribution is 2.24. The van der Waals surface area contributed by atoms with Crippen molar-refractivity contribution >= 4 is 21.4 Å². The van der Waals surface area contributed by atoms with Crippen LogP contribution in [0, 0.1) is 6.92 Å². The second-order valence-corrected chi connectivity index (χ2v) is 7.18. The first-order valence-corrected chi connectivity index (χ1v) is 7.58. The number of H-pyrrole nitrogens is 1. The molecule has 1 aromatic rings. The summed E-state index contributed by atoms with van der Waals surface area (Å²) in [6.45, 7) is 2.57. The molecule has 1 aliphatic rings. The molecule has 0 radical (unpaired) electrons. The van der Waals surface area contributed by atoms with Gasteiger partial charge in [0.05, 0.1) is 0 Å². The summed E-state index contributed by atoms with van der Waals surface area (Å²) in [7, 11) is -1.69. The van der Waals surface area contributed by atoms with Gasteiger partial charge in [0.2, 0.25) is 0 Å². The molecule has 1 aliphatic heterocycles. The van der Waals surface area contributed by atoms with Crippen molar-refractivity contribution < 1.29 is 8.42 Å². The van der Waals surface area contributed by atoms with E-state index >= 15 is 0 Å². The van der Waals surface area contributed by atoms with Gasteiger partial charge in [0.1, 0.15) is 0 Å². The number of hydrogen-bond donors (Lipinski definition) is 2. The lowest BCUT2D eigenvalue weighted by Gasteiger charge is -2.15. The van der Waals surface area contributed by atoms with Crippen LogP contribution >= 0.6 is 11.3 Å². The van der Waals surface area contributed by atoms with Crippen molar-refractivity contribution in [1.82, 2.24) is 14.6 Å². The van der Waals surface area contributed by atoms with Crippen LogP contribution in [0.2, 0.25) is 0 Å². The predicted molar refractivity (Wildman–Crippen MR) is 65.9 cm³/mol. The summed E-state index contributed by atoms with van der Waals surface area (Å²) in [6, 6.07) is 0.195. The number of aryl methyl sites for hydroxylation is 1. The van der Waals surface area contributed by atoms with E-state index in [9.17, 15) is 13.2 Å². The van der Waals surface area contributed by atoms with Gasteiger partial charge in [0.15, 0.2) is 4.21 Å². The van der Waals surface area contributed by atoms with Crippen molar-refractivity contribution in [2.75, 3.05) is 20.1 Å². The maximum Gasteiger partial charge on any atom is 0.305 e. The molecule has 17 heavy (non-hydrogen) atoms. The van der Waals surface area contributed by atoms with Gasteiger partial charge in [-0.15, -0.1) is 0 Å². The maximum atomic E-state index is 12.3. The first-order chi connectivity index (χ1) is 7.95. The largest absolute Gasteiger partial charge is 0.316 e. The Balaban J connectivity index is 2.32. The Hall–Kier alpha value is -0.700. The smallest absolute Gasteiger partial charge is 0.305 e. The van der Waals surface area contributed by atoms with Gasteiger partial charge in [-0.05, 0) is 20.4 Å². The highest BCUT2D eigenvalue weighted by molar-refractivity contribution is 7.91. The molecule has 6 nitrogen and oxygen atoms in total. The second kappa shape index (κ2) is 4.52. The minimum atomic E-state index is -3.51. The number of hydrogen-bond acceptors (Lipinski definition) is 5. The van der Waals surface area contributed by atoms with Gasteiger partial charge >= 0.3 is 4.87 Å². The van der Waals surface area contributed by atoms with E-state index in [-0.39, 0.29) is 15.1 Å². The number of nitrogens with one attached hydrogen (secondary N) is 2. The van der Waals surface area contributed by atoms with Crippen LogP contribution in [0.4, 0.5) is 0 Å². The Labute approximate surface area is 104 Å². The normalized spacial score (nSPS) is 22.1. The third-order valence-corrected chi connectivity index (χ3v) is 6.36. The van der Waals surface area contributed by atoms with Crippen molar-refractivity contribution in [2.24, 2.45) is 0 Å². The van der Waals surface area contributed by atoms with Crippen LogP contribution in [0.1, 0.15) is 12.1 Å². The van der Waals surface area contributed by atoms with Gasteiger partial charge in [-0.2, -0.15) is 4.31 Å². The van der Waals surface area contributed by atoms with Crippen LogP contribution in [0.25, 0.3) is 0 Å². The first kappa shape index (κ1) is 12.7. The summed E-state index contributed by atoms with van der Waals surface area (Å²) < 4.78 is 26.1. The van der Waals surface area contributed by atoms with E-state index in [1.54, 1.807) is 6.92 Å². The predicted octanol–water partition coefficient (Wildman–Crippen LogP) is -0.273. The van der Waals surface area contributed by atoms with E-state index in [0.717, 1.165) is 17.8 Å². The molecule has 8 heteroatoms. The molecule has 0 saturated carbocycles. The quantitative estimate of drug-likeness (QED) is 0.796. The number of sulfonamides is 1. The summed E-state index contributed by atoms with van der Waals surface area (Å²) in [5.41, 5.74) is 0.424. The molecular weight excluding hydrogens is 262 g/mol. The van der Waals surface area contributed by atoms with Gasteiger partial charge < -0.3 is 10.3 Å². The SMILES string of the molecule is CNC1CCN(S(=O)(=O)c2sc(=O)[nH]c2C)C1. The summed E-state index contributed by atoms with van der Waals surface area (Å²) in [4.78, 5) is 13.3. The number of aromatic nitrogens is 1. The van der Waals surface area contributed by atoms with Gasteiger partial charge in [-0.1, -0.05) is 11.3 Å². The van der Waals surface area contributed by atoms with Gasteiger partial charge in [-0.25, -0.2) is 8.42 Å². The van der Waals surface area contributed by atoms with E-state index in [4.69, 9.17) is 0 Å². The van der Waals surface area contributed by atoms with Crippen LogP contribution in [0.5, 0.6) is 0 Å². The van der Waals surface area contributed by atoms with Crippen LogP contribution in [-0.2, 0) is 10.0 Å². The van der Waals surface area contributed by atoms with Crippen molar-refractivity contribution in [1.29, 1.82) is 0 Å². The van der Waals surface area contributed by atoms with Crippen molar-refractivity contribution in [3.05, 3.63) is 15.4 Å². The zero-order chi connectivity index (χ0) is 12.6. The van der Waals surface area contributed by atoms with Crippen LogP contribution < -0.4 is 10.2 Å².